The van der Waals surface area contributed by atoms with Crippen molar-refractivity contribution in [2.45, 2.75) is 50.4 Å². The zero-order valence-electron chi connectivity index (χ0n) is 22.3. The average Bonchev–Trinajstić information content (AvgIpc) is 2.99. The molecule has 4 aromatic rings. The summed E-state index contributed by atoms with van der Waals surface area (Å²) in [4.78, 5) is 29.0. The number of anilines is 2. The molecule has 2 amide bonds. The van der Waals surface area contributed by atoms with Gasteiger partial charge in [-0.3, -0.25) is 14.6 Å². The van der Waals surface area contributed by atoms with Gasteiger partial charge in [-0.25, -0.2) is 0 Å². The summed E-state index contributed by atoms with van der Waals surface area (Å²) in [6.07, 6.45) is 5.98. The summed E-state index contributed by atoms with van der Waals surface area (Å²) >= 11 is 0. The minimum Gasteiger partial charge on any atom is -0.496 e. The normalized spacial score (nSPS) is 16.6. The Labute approximate surface area is 232 Å². The number of amides is 2. The Morgan fingerprint density at radius 2 is 1.40 bits per heavy atom. The number of nitrogens with zero attached hydrogens (tertiary/aromatic N) is 5. The average molecular weight is 538 g/mol. The molecule has 40 heavy (non-hydrogen) atoms. The molecule has 3 heterocycles. The molecule has 1 saturated carbocycles. The molecule has 3 aromatic heterocycles. The van der Waals surface area contributed by atoms with Crippen LogP contribution >= 0.6 is 0 Å². The van der Waals surface area contributed by atoms with Crippen LogP contribution in [0.3, 0.4) is 0 Å². The highest BCUT2D eigenvalue weighted by Gasteiger charge is 2.27. The zero-order valence-corrected chi connectivity index (χ0v) is 22.3. The number of carbonyl (C=O) groups is 2. The highest BCUT2D eigenvalue weighted by atomic mass is 16.5. The van der Waals surface area contributed by atoms with E-state index in [1.165, 1.54) is 0 Å². The third-order valence-electron chi connectivity index (χ3n) is 7.03. The lowest BCUT2D eigenvalue weighted by molar-refractivity contribution is -0.116. The van der Waals surface area contributed by atoms with Crippen LogP contribution in [0.4, 0.5) is 11.6 Å². The predicted octanol–water partition coefficient (Wildman–Crippen LogP) is 4.47. The number of para-hydroxylation sites is 1. The molecular formula is C30H31N7O3. The second kappa shape index (κ2) is 12.9. The molecule has 0 spiro atoms. The van der Waals surface area contributed by atoms with Gasteiger partial charge < -0.3 is 15.4 Å². The Morgan fingerprint density at radius 1 is 0.775 bits per heavy atom. The van der Waals surface area contributed by atoms with E-state index in [1.54, 1.807) is 25.4 Å². The second-order valence-corrected chi connectivity index (χ2v) is 9.83. The summed E-state index contributed by atoms with van der Waals surface area (Å²) in [6.45, 7) is 0. The molecule has 5 rings (SSSR count). The van der Waals surface area contributed by atoms with Crippen molar-refractivity contribution in [3.8, 4) is 5.75 Å². The Kier molecular flexibility index (Phi) is 8.65. The number of carbonyl (C=O) groups excluding carboxylic acids is 2. The molecule has 1 aromatic carbocycles. The van der Waals surface area contributed by atoms with E-state index in [-0.39, 0.29) is 36.5 Å². The first-order valence-corrected chi connectivity index (χ1v) is 13.4. The van der Waals surface area contributed by atoms with Gasteiger partial charge in [0.1, 0.15) is 5.75 Å². The molecule has 0 unspecified atom stereocenters. The minimum absolute atomic E-state index is 0.180. The van der Waals surface area contributed by atoms with Crippen LogP contribution in [0.5, 0.6) is 5.75 Å². The maximum absolute atomic E-state index is 12.5. The van der Waals surface area contributed by atoms with Gasteiger partial charge in [-0.1, -0.05) is 30.7 Å². The molecule has 0 saturated heterocycles. The Bertz CT molecular complexity index is 1430. The maximum atomic E-state index is 12.5. The number of hydrogen-bond donors (Lipinski definition) is 2. The van der Waals surface area contributed by atoms with Crippen LogP contribution in [-0.2, 0) is 22.4 Å². The lowest BCUT2D eigenvalue weighted by Crippen LogP contribution is -2.19. The van der Waals surface area contributed by atoms with Crippen molar-refractivity contribution in [2.75, 3.05) is 17.7 Å². The Balaban J connectivity index is 1.14. The van der Waals surface area contributed by atoms with Gasteiger partial charge in [0.15, 0.2) is 11.6 Å². The van der Waals surface area contributed by atoms with E-state index in [0.29, 0.717) is 23.1 Å². The highest BCUT2D eigenvalue weighted by molar-refractivity contribution is 5.92. The molecule has 10 heteroatoms. The lowest BCUT2D eigenvalue weighted by atomic mass is 9.78. The third kappa shape index (κ3) is 7.02. The quantitative estimate of drug-likeness (QED) is 0.320. The number of pyridine rings is 1. The number of aromatic nitrogens is 5. The van der Waals surface area contributed by atoms with Crippen LogP contribution in [0, 0.1) is 0 Å². The van der Waals surface area contributed by atoms with Crippen molar-refractivity contribution in [2.24, 2.45) is 0 Å². The molecule has 204 valence electrons. The van der Waals surface area contributed by atoms with Crippen LogP contribution in [0.25, 0.3) is 0 Å². The smallest absolute Gasteiger partial charge is 0.231 e. The van der Waals surface area contributed by atoms with Gasteiger partial charge in [0, 0.05) is 29.3 Å². The lowest BCUT2D eigenvalue weighted by Gasteiger charge is -2.28. The van der Waals surface area contributed by atoms with Gasteiger partial charge in [-0.15, -0.1) is 10.2 Å². The molecule has 0 bridgehead atoms. The van der Waals surface area contributed by atoms with Crippen molar-refractivity contribution >= 4 is 23.5 Å². The molecule has 2 N–H and O–H groups in total. The standard InChI is InChI=1S/C30H31N7O3/c1-40-26-11-3-2-7-22(26)18-29(38)32-27-14-12-24(34-36-27)20-8-6-9-21(17-20)25-13-15-28(37-35-25)33-30(39)19-23-10-4-5-16-31-23/h2-5,7,10-16,20-21H,6,8-9,17-19H2,1H3,(H,32,36,38)(H,33,37,39)/t20-,21-/m0/s1. The number of methoxy groups -OCH3 is 1. The van der Waals surface area contributed by atoms with E-state index in [4.69, 9.17) is 4.74 Å². The van der Waals surface area contributed by atoms with E-state index in [1.807, 2.05) is 54.6 Å². The fourth-order valence-corrected chi connectivity index (χ4v) is 5.04. The molecule has 10 nitrogen and oxygen atoms in total. The van der Waals surface area contributed by atoms with Crippen LogP contribution in [0.1, 0.15) is 60.2 Å². The van der Waals surface area contributed by atoms with Gasteiger partial charge in [-0.2, -0.15) is 10.2 Å². The van der Waals surface area contributed by atoms with Gasteiger partial charge in [-0.05, 0) is 61.7 Å². The van der Waals surface area contributed by atoms with Crippen molar-refractivity contribution < 1.29 is 14.3 Å². The first-order chi connectivity index (χ1) is 19.6. The molecule has 0 aliphatic heterocycles. The van der Waals surface area contributed by atoms with Crippen molar-refractivity contribution in [1.82, 2.24) is 25.4 Å². The number of hydrogen-bond acceptors (Lipinski definition) is 8. The van der Waals surface area contributed by atoms with E-state index in [0.717, 1.165) is 42.6 Å². The fourth-order valence-electron chi connectivity index (χ4n) is 5.04. The summed E-state index contributed by atoms with van der Waals surface area (Å²) in [7, 11) is 1.59. The molecule has 1 aliphatic carbocycles. The third-order valence-corrected chi connectivity index (χ3v) is 7.03. The number of rotatable bonds is 9. The molecule has 1 fully saturated rings. The summed E-state index contributed by atoms with van der Waals surface area (Å²) in [6, 6.07) is 20.4. The fraction of sp³-hybridized carbons (Fsp3) is 0.300. The van der Waals surface area contributed by atoms with Gasteiger partial charge >= 0.3 is 0 Å². The maximum Gasteiger partial charge on any atom is 0.231 e. The summed E-state index contributed by atoms with van der Waals surface area (Å²) < 4.78 is 5.33. The number of ether oxygens (including phenoxy) is 1. The van der Waals surface area contributed by atoms with E-state index in [2.05, 4.69) is 36.0 Å². The van der Waals surface area contributed by atoms with Gasteiger partial charge in [0.2, 0.25) is 11.8 Å². The van der Waals surface area contributed by atoms with E-state index in [9.17, 15) is 9.59 Å². The first-order valence-electron chi connectivity index (χ1n) is 13.4. The Hall–Kier alpha value is -4.73. The van der Waals surface area contributed by atoms with Crippen LogP contribution in [-0.4, -0.2) is 44.3 Å². The highest BCUT2D eigenvalue weighted by Crippen LogP contribution is 2.40. The van der Waals surface area contributed by atoms with Crippen molar-refractivity contribution in [3.63, 3.8) is 0 Å². The van der Waals surface area contributed by atoms with Crippen LogP contribution < -0.4 is 15.4 Å². The van der Waals surface area contributed by atoms with Gasteiger partial charge in [0.05, 0.1) is 31.3 Å². The van der Waals surface area contributed by atoms with Crippen molar-refractivity contribution in [1.29, 1.82) is 0 Å². The van der Waals surface area contributed by atoms with Crippen molar-refractivity contribution in [3.05, 3.63) is 95.6 Å². The predicted molar refractivity (Wildman–Crippen MR) is 150 cm³/mol. The largest absolute Gasteiger partial charge is 0.496 e. The summed E-state index contributed by atoms with van der Waals surface area (Å²) in [5, 5.41) is 22.9. The molecule has 1 aliphatic rings. The summed E-state index contributed by atoms with van der Waals surface area (Å²) in [5.74, 6) is 1.64. The summed E-state index contributed by atoms with van der Waals surface area (Å²) in [5.41, 5.74) is 3.31. The van der Waals surface area contributed by atoms with Gasteiger partial charge in [0.25, 0.3) is 0 Å². The first kappa shape index (κ1) is 26.9. The number of benzene rings is 1. The zero-order chi connectivity index (χ0) is 27.7. The van der Waals surface area contributed by atoms with E-state index >= 15 is 0 Å². The van der Waals surface area contributed by atoms with Crippen LogP contribution in [0.15, 0.2) is 72.9 Å². The topological polar surface area (TPSA) is 132 Å². The molecule has 0 radical (unpaired) electrons. The van der Waals surface area contributed by atoms with Crippen LogP contribution in [0.2, 0.25) is 0 Å². The molecular weight excluding hydrogens is 506 g/mol. The Morgan fingerprint density at radius 3 is 1.98 bits per heavy atom. The molecule has 2 atom stereocenters. The number of nitrogens with one attached hydrogen (secondary N) is 2. The van der Waals surface area contributed by atoms with E-state index < -0.39 is 0 Å². The second-order valence-electron chi connectivity index (χ2n) is 9.83. The monoisotopic (exact) mass is 537 g/mol. The minimum atomic E-state index is -0.184. The SMILES string of the molecule is COc1ccccc1CC(=O)Nc1ccc([C@H]2CCC[C@H](c3ccc(NC(=O)Cc4ccccn4)nn3)C2)nn1.